The zero-order valence-corrected chi connectivity index (χ0v) is 10.6. The van der Waals surface area contributed by atoms with Crippen LogP contribution in [0.25, 0.3) is 5.70 Å². The number of hydrogen-bond donors (Lipinski definition) is 3. The summed E-state index contributed by atoms with van der Waals surface area (Å²) in [6, 6.07) is 8.73. The largest absolute Gasteiger partial charge is 0.300 e. The van der Waals surface area contributed by atoms with E-state index in [1.165, 1.54) is 12.3 Å². The molecule has 98 valence electrons. The number of hydrazine groups is 1. The highest BCUT2D eigenvalue weighted by Gasteiger charge is 2.03. The van der Waals surface area contributed by atoms with E-state index in [-0.39, 0.29) is 11.5 Å². The van der Waals surface area contributed by atoms with Crippen molar-refractivity contribution >= 4 is 11.5 Å². The van der Waals surface area contributed by atoms with Crippen LogP contribution in [-0.4, -0.2) is 15.8 Å². The molecule has 0 aromatic carbocycles. The van der Waals surface area contributed by atoms with Crippen molar-refractivity contribution in [1.29, 1.82) is 10.7 Å². The summed E-state index contributed by atoms with van der Waals surface area (Å²) in [5, 5.41) is 16.7. The fourth-order valence-electron chi connectivity index (χ4n) is 1.48. The van der Waals surface area contributed by atoms with E-state index < -0.39 is 0 Å². The van der Waals surface area contributed by atoms with Crippen molar-refractivity contribution in [3.63, 3.8) is 0 Å². The van der Waals surface area contributed by atoms with Crippen molar-refractivity contribution < 1.29 is 0 Å². The summed E-state index contributed by atoms with van der Waals surface area (Å²) in [6.45, 7) is 3.86. The number of aromatic nitrogens is 2. The Morgan fingerprint density at radius 1 is 1.15 bits per heavy atom. The molecule has 0 fully saturated rings. The van der Waals surface area contributed by atoms with Gasteiger partial charge in [0.25, 0.3) is 0 Å². The van der Waals surface area contributed by atoms with Gasteiger partial charge in [-0.15, -0.1) is 0 Å². The molecular formula is C14H12N6. The molecule has 0 amide bonds. The molecule has 6 heteroatoms. The van der Waals surface area contributed by atoms with Gasteiger partial charge in [0.05, 0.1) is 5.70 Å². The second-order valence-corrected chi connectivity index (χ2v) is 3.88. The van der Waals surface area contributed by atoms with Crippen molar-refractivity contribution in [2.75, 3.05) is 0 Å². The molecule has 0 spiro atoms. The molecule has 2 heterocycles. The summed E-state index contributed by atoms with van der Waals surface area (Å²) < 4.78 is 0. The first-order valence-electron chi connectivity index (χ1n) is 5.77. The topological polar surface area (TPSA) is 97.5 Å². The van der Waals surface area contributed by atoms with E-state index in [4.69, 9.17) is 10.7 Å². The lowest BCUT2D eigenvalue weighted by Crippen LogP contribution is -2.35. The van der Waals surface area contributed by atoms with Crippen molar-refractivity contribution in [3.05, 3.63) is 66.3 Å². The van der Waals surface area contributed by atoms with E-state index in [2.05, 4.69) is 27.4 Å². The van der Waals surface area contributed by atoms with Gasteiger partial charge in [-0.05, 0) is 24.3 Å². The zero-order valence-electron chi connectivity index (χ0n) is 10.6. The van der Waals surface area contributed by atoms with Crippen LogP contribution in [0.5, 0.6) is 0 Å². The molecule has 0 unspecified atom stereocenters. The lowest BCUT2D eigenvalue weighted by atomic mass is 10.2. The summed E-state index contributed by atoms with van der Waals surface area (Å²) in [5.74, 6) is 0.124. The van der Waals surface area contributed by atoms with Crippen molar-refractivity contribution in [2.45, 2.75) is 0 Å². The normalized spacial score (nSPS) is 9.35. The van der Waals surface area contributed by atoms with Gasteiger partial charge in [-0.3, -0.25) is 21.2 Å². The van der Waals surface area contributed by atoms with Gasteiger partial charge < -0.3 is 0 Å². The van der Waals surface area contributed by atoms with Gasteiger partial charge in [-0.25, -0.2) is 4.98 Å². The summed E-state index contributed by atoms with van der Waals surface area (Å²) in [7, 11) is 0. The number of nitrogens with one attached hydrogen (secondary N) is 3. The van der Waals surface area contributed by atoms with Crippen LogP contribution in [-0.2, 0) is 0 Å². The number of nitrogens with zero attached hydrogens (tertiary/aromatic N) is 3. The molecule has 0 aliphatic heterocycles. The van der Waals surface area contributed by atoms with Gasteiger partial charge in [0.15, 0.2) is 0 Å². The highest BCUT2D eigenvalue weighted by molar-refractivity contribution is 5.96. The van der Waals surface area contributed by atoms with Crippen LogP contribution in [0.2, 0.25) is 0 Å². The van der Waals surface area contributed by atoms with E-state index in [1.54, 1.807) is 30.6 Å². The highest BCUT2D eigenvalue weighted by Crippen LogP contribution is 2.06. The first-order valence-corrected chi connectivity index (χ1v) is 5.77. The Balaban J connectivity index is 1.99. The minimum absolute atomic E-state index is 0.124. The van der Waals surface area contributed by atoms with Gasteiger partial charge >= 0.3 is 0 Å². The third-order valence-electron chi connectivity index (χ3n) is 2.53. The molecule has 0 atom stereocenters. The first kappa shape index (κ1) is 13.2. The number of nitriles is 1. The quantitative estimate of drug-likeness (QED) is 0.441. The average molecular weight is 264 g/mol. The molecule has 2 rings (SSSR count). The number of hydrogen-bond acceptors (Lipinski definition) is 5. The fraction of sp³-hybridized carbons (Fsp3) is 0. The van der Waals surface area contributed by atoms with Crippen molar-refractivity contribution in [2.24, 2.45) is 0 Å². The second kappa shape index (κ2) is 6.11. The average Bonchev–Trinajstić information content (AvgIpc) is 2.53. The highest BCUT2D eigenvalue weighted by atomic mass is 15.4. The molecule has 0 radical (unpaired) electrons. The Morgan fingerprint density at radius 3 is 2.55 bits per heavy atom. The maximum absolute atomic E-state index is 8.77. The van der Waals surface area contributed by atoms with E-state index >= 15 is 0 Å². The van der Waals surface area contributed by atoms with Crippen LogP contribution < -0.4 is 10.9 Å². The number of pyridine rings is 2. The van der Waals surface area contributed by atoms with Crippen LogP contribution in [0, 0.1) is 16.7 Å². The zero-order chi connectivity index (χ0) is 14.4. The SMILES string of the molecule is C=C(NNC(=N)c1ccnc(C#N)c1)c1ccncc1. The molecule has 2 aromatic rings. The maximum Gasteiger partial charge on any atom is 0.144 e. The Hall–Kier alpha value is -3.20. The molecule has 0 saturated carbocycles. The summed E-state index contributed by atoms with van der Waals surface area (Å²) in [5.41, 5.74) is 7.87. The number of rotatable bonds is 4. The fourth-order valence-corrected chi connectivity index (χ4v) is 1.48. The molecule has 0 saturated heterocycles. The third kappa shape index (κ3) is 3.17. The predicted molar refractivity (Wildman–Crippen MR) is 75.3 cm³/mol. The maximum atomic E-state index is 8.77. The molecule has 2 aromatic heterocycles. The van der Waals surface area contributed by atoms with Crippen LogP contribution in [0.15, 0.2) is 49.4 Å². The minimum atomic E-state index is 0.124. The van der Waals surface area contributed by atoms with Crippen LogP contribution in [0.4, 0.5) is 0 Å². The lowest BCUT2D eigenvalue weighted by Gasteiger charge is -2.12. The summed E-state index contributed by atoms with van der Waals surface area (Å²) >= 11 is 0. The van der Waals surface area contributed by atoms with Crippen LogP contribution in [0.1, 0.15) is 16.8 Å². The van der Waals surface area contributed by atoms with Crippen LogP contribution >= 0.6 is 0 Å². The molecule has 3 N–H and O–H groups in total. The molecule has 0 bridgehead atoms. The van der Waals surface area contributed by atoms with Gasteiger partial charge in [0.1, 0.15) is 17.6 Å². The Morgan fingerprint density at radius 2 is 1.85 bits per heavy atom. The van der Waals surface area contributed by atoms with Gasteiger partial charge in [-0.1, -0.05) is 6.58 Å². The Labute approximate surface area is 116 Å². The molecular weight excluding hydrogens is 252 g/mol. The molecule has 0 aliphatic carbocycles. The smallest absolute Gasteiger partial charge is 0.144 e. The molecule has 0 aliphatic rings. The van der Waals surface area contributed by atoms with Gasteiger partial charge in [0.2, 0.25) is 0 Å². The lowest BCUT2D eigenvalue weighted by molar-refractivity contribution is 0.835. The first-order chi connectivity index (χ1) is 9.70. The Kier molecular flexibility index (Phi) is 4.04. The van der Waals surface area contributed by atoms with Crippen molar-refractivity contribution in [1.82, 2.24) is 20.8 Å². The summed E-state index contributed by atoms with van der Waals surface area (Å²) in [4.78, 5) is 7.77. The summed E-state index contributed by atoms with van der Waals surface area (Å²) in [6.07, 6.45) is 4.81. The van der Waals surface area contributed by atoms with Gasteiger partial charge in [-0.2, -0.15) is 5.26 Å². The van der Waals surface area contributed by atoms with E-state index in [9.17, 15) is 0 Å². The molecule has 6 nitrogen and oxygen atoms in total. The minimum Gasteiger partial charge on any atom is -0.300 e. The monoisotopic (exact) mass is 264 g/mol. The third-order valence-corrected chi connectivity index (χ3v) is 2.53. The standard InChI is InChI=1S/C14H12N6/c1-10(11-2-5-17-6-3-11)19-20-14(16)12-4-7-18-13(8-12)9-15/h2-8,19H,1H2,(H2,16,20). The van der Waals surface area contributed by atoms with E-state index in [0.717, 1.165) is 5.56 Å². The van der Waals surface area contributed by atoms with Gasteiger partial charge in [0, 0.05) is 29.7 Å². The number of amidine groups is 1. The molecule has 20 heavy (non-hydrogen) atoms. The van der Waals surface area contributed by atoms with E-state index in [1.807, 2.05) is 6.07 Å². The van der Waals surface area contributed by atoms with Crippen molar-refractivity contribution in [3.8, 4) is 6.07 Å². The Bertz CT molecular complexity index is 672. The predicted octanol–water partition coefficient (Wildman–Crippen LogP) is 1.44. The van der Waals surface area contributed by atoms with Crippen LogP contribution in [0.3, 0.4) is 0 Å². The second-order valence-electron chi connectivity index (χ2n) is 3.88. The van der Waals surface area contributed by atoms with E-state index in [0.29, 0.717) is 11.3 Å².